The van der Waals surface area contributed by atoms with E-state index in [9.17, 15) is 9.90 Å². The molecule has 3 fully saturated rings. The first-order valence-corrected chi connectivity index (χ1v) is 15.7. The Morgan fingerprint density at radius 1 is 1.17 bits per heavy atom. The summed E-state index contributed by atoms with van der Waals surface area (Å²) in [6.07, 6.45) is 6.44. The summed E-state index contributed by atoms with van der Waals surface area (Å²) >= 11 is 14.7. The number of anilines is 1. The van der Waals surface area contributed by atoms with Crippen LogP contribution in [0, 0.1) is 0 Å². The van der Waals surface area contributed by atoms with Crippen LogP contribution in [0.3, 0.4) is 0 Å². The third-order valence-corrected chi connectivity index (χ3v) is 10.1. The van der Waals surface area contributed by atoms with Crippen LogP contribution in [-0.4, -0.2) is 45.9 Å². The molecule has 1 aliphatic carbocycles. The molecule has 4 aromatic rings. The number of nitrogens with zero attached hydrogens (tertiary/aromatic N) is 3. The number of halogens is 2. The average molecular weight is 614 g/mol. The number of rotatable bonds is 9. The van der Waals surface area contributed by atoms with Gasteiger partial charge in [-0.1, -0.05) is 45.8 Å². The number of ether oxygens (including phenoxy) is 1. The summed E-state index contributed by atoms with van der Waals surface area (Å²) in [6, 6.07) is 9.86. The lowest BCUT2D eigenvalue weighted by atomic mass is 9.97. The Morgan fingerprint density at radius 2 is 1.90 bits per heavy atom. The lowest BCUT2D eigenvalue weighted by Gasteiger charge is -2.39. The van der Waals surface area contributed by atoms with Gasteiger partial charge in [0.15, 0.2) is 5.13 Å². The molecule has 7 rings (SSSR count). The maximum absolute atomic E-state index is 11.7. The molecule has 8 nitrogen and oxygen atoms in total. The SMILES string of the molecule is CCOc1cc(C(=O)O)cc2sc(N3C4CCC3CC(NCc3c(-c5c(Cl)cccc5Cl)noc3C3CC3)C4)nc12. The monoisotopic (exact) mass is 612 g/mol. The number of fused-ring (bicyclic) bond motifs is 3. The van der Waals surface area contributed by atoms with Crippen molar-refractivity contribution in [1.29, 1.82) is 0 Å². The van der Waals surface area contributed by atoms with Crippen molar-refractivity contribution in [2.24, 2.45) is 0 Å². The number of aromatic carboxylic acids is 1. The van der Waals surface area contributed by atoms with Crippen LogP contribution in [0.4, 0.5) is 5.13 Å². The van der Waals surface area contributed by atoms with Gasteiger partial charge >= 0.3 is 5.97 Å². The van der Waals surface area contributed by atoms with E-state index in [0.717, 1.165) is 76.5 Å². The van der Waals surface area contributed by atoms with Crippen molar-refractivity contribution in [2.45, 2.75) is 76.0 Å². The van der Waals surface area contributed by atoms with E-state index < -0.39 is 5.97 Å². The lowest BCUT2D eigenvalue weighted by molar-refractivity contribution is 0.0696. The Morgan fingerprint density at radius 3 is 2.56 bits per heavy atom. The van der Waals surface area contributed by atoms with Gasteiger partial charge in [0.1, 0.15) is 22.7 Å². The number of nitrogens with one attached hydrogen (secondary N) is 1. The largest absolute Gasteiger partial charge is 0.492 e. The van der Waals surface area contributed by atoms with Crippen LogP contribution in [-0.2, 0) is 6.54 Å². The summed E-state index contributed by atoms with van der Waals surface area (Å²) in [5.74, 6) is 0.926. The Hall–Kier alpha value is -2.85. The summed E-state index contributed by atoms with van der Waals surface area (Å²) in [7, 11) is 0. The number of benzene rings is 2. The van der Waals surface area contributed by atoms with Crippen LogP contribution >= 0.6 is 34.5 Å². The quantitative estimate of drug-likeness (QED) is 0.200. The fourth-order valence-electron chi connectivity index (χ4n) is 6.47. The molecule has 1 saturated carbocycles. The maximum Gasteiger partial charge on any atom is 0.335 e. The zero-order valence-electron chi connectivity index (χ0n) is 22.5. The van der Waals surface area contributed by atoms with Crippen molar-refractivity contribution in [3.63, 3.8) is 0 Å². The molecule has 2 atom stereocenters. The second-order valence-corrected chi connectivity index (χ2v) is 13.0. The van der Waals surface area contributed by atoms with Crippen molar-refractivity contribution < 1.29 is 19.2 Å². The highest BCUT2D eigenvalue weighted by Crippen LogP contribution is 2.47. The molecule has 2 aromatic carbocycles. The van der Waals surface area contributed by atoms with Gasteiger partial charge in [-0.05, 0) is 69.7 Å². The van der Waals surface area contributed by atoms with Gasteiger partial charge in [-0.3, -0.25) is 0 Å². The number of aromatic nitrogens is 2. The minimum absolute atomic E-state index is 0.221. The molecule has 0 spiro atoms. The predicted octanol–water partition coefficient (Wildman–Crippen LogP) is 7.52. The zero-order chi connectivity index (χ0) is 28.2. The van der Waals surface area contributed by atoms with Gasteiger partial charge in [-0.25, -0.2) is 9.78 Å². The van der Waals surface area contributed by atoms with E-state index in [1.165, 1.54) is 0 Å². The van der Waals surface area contributed by atoms with Crippen LogP contribution in [0.5, 0.6) is 5.75 Å². The normalized spacial score (nSPS) is 22.0. The van der Waals surface area contributed by atoms with Crippen LogP contribution in [0.1, 0.15) is 73.0 Å². The summed E-state index contributed by atoms with van der Waals surface area (Å²) in [5, 5.41) is 19.9. The number of piperidine rings is 1. The van der Waals surface area contributed by atoms with Crippen molar-refractivity contribution in [3.05, 3.63) is 57.3 Å². The Kier molecular flexibility index (Phi) is 7.09. The molecule has 2 aromatic heterocycles. The number of carbonyl (C=O) groups is 1. The van der Waals surface area contributed by atoms with Gasteiger partial charge in [-0.2, -0.15) is 0 Å². The van der Waals surface area contributed by atoms with Gasteiger partial charge in [0, 0.05) is 41.7 Å². The summed E-state index contributed by atoms with van der Waals surface area (Å²) < 4.78 is 12.5. The molecule has 2 N–H and O–H groups in total. The van der Waals surface area contributed by atoms with Crippen LogP contribution in [0.15, 0.2) is 34.9 Å². The van der Waals surface area contributed by atoms with Crippen molar-refractivity contribution in [2.75, 3.05) is 11.5 Å². The van der Waals surface area contributed by atoms with Crippen LogP contribution < -0.4 is 15.0 Å². The fraction of sp³-hybridized carbons (Fsp3) is 0.433. The van der Waals surface area contributed by atoms with E-state index in [1.54, 1.807) is 23.5 Å². The number of thiazole rings is 1. The summed E-state index contributed by atoms with van der Waals surface area (Å²) in [4.78, 5) is 19.1. The first kappa shape index (κ1) is 27.0. The molecule has 2 bridgehead atoms. The van der Waals surface area contributed by atoms with Gasteiger partial charge in [0.05, 0.1) is 26.9 Å². The van der Waals surface area contributed by atoms with Crippen LogP contribution in [0.25, 0.3) is 21.5 Å². The molecule has 41 heavy (non-hydrogen) atoms. The molecule has 11 heteroatoms. The second-order valence-electron chi connectivity index (χ2n) is 11.1. The Labute approximate surface area is 251 Å². The van der Waals surface area contributed by atoms with E-state index in [2.05, 4.69) is 15.4 Å². The molecule has 2 aliphatic heterocycles. The topological polar surface area (TPSA) is 101 Å². The molecule has 0 radical (unpaired) electrons. The Bertz CT molecular complexity index is 1600. The molecule has 2 unspecified atom stereocenters. The molecular weight excluding hydrogens is 583 g/mol. The molecule has 2 saturated heterocycles. The zero-order valence-corrected chi connectivity index (χ0v) is 24.9. The summed E-state index contributed by atoms with van der Waals surface area (Å²) in [6.45, 7) is 2.99. The van der Waals surface area contributed by atoms with E-state index >= 15 is 0 Å². The number of hydrogen-bond donors (Lipinski definition) is 2. The van der Waals surface area contributed by atoms with Gasteiger partial charge in [0.25, 0.3) is 0 Å². The maximum atomic E-state index is 11.7. The first-order valence-electron chi connectivity index (χ1n) is 14.2. The van der Waals surface area contributed by atoms with E-state index in [1.807, 2.05) is 25.1 Å². The van der Waals surface area contributed by atoms with E-state index in [-0.39, 0.29) is 5.56 Å². The smallest absolute Gasteiger partial charge is 0.335 e. The van der Waals surface area contributed by atoms with Crippen molar-refractivity contribution >= 4 is 55.9 Å². The third-order valence-electron chi connectivity index (χ3n) is 8.48. The molecule has 3 aliphatic rings. The third kappa shape index (κ3) is 4.96. The minimum atomic E-state index is -0.965. The standard InChI is InChI=1S/C30H30Cl2N4O4S/c1-2-39-23-10-16(29(37)38)11-24-27(23)34-30(41-24)36-18-8-9-19(36)13-17(12-18)33-14-20-26(35-40-28(20)15-6-7-15)25-21(31)4-3-5-22(25)32/h3-5,10-11,15,17-19,33H,2,6-9,12-14H2,1H3,(H,37,38). The lowest BCUT2D eigenvalue weighted by Crippen LogP contribution is -2.49. The first-order chi connectivity index (χ1) is 19.9. The highest BCUT2D eigenvalue weighted by atomic mass is 35.5. The average Bonchev–Trinajstić information content (AvgIpc) is 3.47. The van der Waals surface area contributed by atoms with Crippen molar-refractivity contribution in [1.82, 2.24) is 15.5 Å². The number of hydrogen-bond acceptors (Lipinski definition) is 8. The highest BCUT2D eigenvalue weighted by molar-refractivity contribution is 7.22. The Balaban J connectivity index is 1.11. The summed E-state index contributed by atoms with van der Waals surface area (Å²) in [5.41, 5.74) is 3.48. The van der Waals surface area contributed by atoms with Gasteiger partial charge < -0.3 is 24.6 Å². The number of carboxylic acids is 1. The molecule has 4 heterocycles. The highest BCUT2D eigenvalue weighted by Gasteiger charge is 2.42. The fourth-order valence-corrected chi connectivity index (χ4v) is 8.21. The van der Waals surface area contributed by atoms with E-state index in [4.69, 9.17) is 37.4 Å². The van der Waals surface area contributed by atoms with Crippen LogP contribution in [0.2, 0.25) is 10.0 Å². The van der Waals surface area contributed by atoms with Crippen molar-refractivity contribution in [3.8, 4) is 17.0 Å². The second kappa shape index (κ2) is 10.8. The van der Waals surface area contributed by atoms with Gasteiger partial charge in [0.2, 0.25) is 0 Å². The predicted molar refractivity (Wildman–Crippen MR) is 161 cm³/mol. The molecule has 214 valence electrons. The van der Waals surface area contributed by atoms with Gasteiger partial charge in [-0.15, -0.1) is 0 Å². The van der Waals surface area contributed by atoms with E-state index in [0.29, 0.717) is 53.0 Å². The number of carboxylic acid groups (broad SMARTS) is 1. The minimum Gasteiger partial charge on any atom is -0.492 e. The molecular formula is C30H30Cl2N4O4S. The molecule has 0 amide bonds.